The van der Waals surface area contributed by atoms with Gasteiger partial charge in [0.15, 0.2) is 0 Å². The van der Waals surface area contributed by atoms with E-state index in [0.29, 0.717) is 0 Å². The highest BCUT2D eigenvalue weighted by atomic mass is 79.9. The summed E-state index contributed by atoms with van der Waals surface area (Å²) in [5, 5.41) is 0. The van der Waals surface area contributed by atoms with Crippen molar-refractivity contribution >= 4 is 15.9 Å². The van der Waals surface area contributed by atoms with Crippen LogP contribution in [0.4, 0.5) is 0 Å². The first-order chi connectivity index (χ1) is 8.63. The molecule has 3 heteroatoms. The molecular formula is C15H17BrN2. The van der Waals surface area contributed by atoms with Crippen molar-refractivity contribution in [2.45, 2.75) is 19.9 Å². The van der Waals surface area contributed by atoms with Crippen molar-refractivity contribution in [2.75, 3.05) is 0 Å². The lowest BCUT2D eigenvalue weighted by Gasteiger charge is -2.20. The van der Waals surface area contributed by atoms with Gasteiger partial charge in [0.1, 0.15) is 0 Å². The van der Waals surface area contributed by atoms with Crippen LogP contribution in [0.5, 0.6) is 0 Å². The van der Waals surface area contributed by atoms with Gasteiger partial charge in [-0.3, -0.25) is 5.84 Å². The average Bonchev–Trinajstić information content (AvgIpc) is 2.36. The van der Waals surface area contributed by atoms with Gasteiger partial charge in [-0.2, -0.15) is 0 Å². The summed E-state index contributed by atoms with van der Waals surface area (Å²) in [6.45, 7) is 4.19. The van der Waals surface area contributed by atoms with E-state index in [1.165, 1.54) is 16.7 Å². The zero-order valence-corrected chi connectivity index (χ0v) is 12.2. The summed E-state index contributed by atoms with van der Waals surface area (Å²) < 4.78 is 1.07. The van der Waals surface area contributed by atoms with Gasteiger partial charge in [0.2, 0.25) is 0 Å². The average molecular weight is 305 g/mol. The number of hydrazine groups is 1. The third-order valence-corrected chi connectivity index (χ3v) is 3.85. The minimum Gasteiger partial charge on any atom is -0.271 e. The molecule has 0 fully saturated rings. The molecule has 0 aromatic heterocycles. The van der Waals surface area contributed by atoms with Crippen molar-refractivity contribution in [3.05, 3.63) is 69.2 Å². The molecule has 0 aliphatic rings. The van der Waals surface area contributed by atoms with Crippen LogP contribution in [-0.2, 0) is 0 Å². The third kappa shape index (κ3) is 2.64. The Morgan fingerprint density at radius 3 is 2.44 bits per heavy atom. The second-order valence-corrected chi connectivity index (χ2v) is 5.34. The van der Waals surface area contributed by atoms with Crippen LogP contribution in [0.2, 0.25) is 0 Å². The van der Waals surface area contributed by atoms with E-state index in [9.17, 15) is 0 Å². The first-order valence-electron chi connectivity index (χ1n) is 5.91. The molecule has 3 N–H and O–H groups in total. The molecule has 0 bridgehead atoms. The minimum atomic E-state index is 0.000440. The van der Waals surface area contributed by atoms with Gasteiger partial charge < -0.3 is 0 Å². The summed E-state index contributed by atoms with van der Waals surface area (Å²) in [4.78, 5) is 0. The van der Waals surface area contributed by atoms with Gasteiger partial charge in [-0.05, 0) is 36.6 Å². The van der Waals surface area contributed by atoms with E-state index in [2.05, 4.69) is 65.5 Å². The number of hydrogen-bond donors (Lipinski definition) is 2. The first kappa shape index (κ1) is 13.3. The highest BCUT2D eigenvalue weighted by molar-refractivity contribution is 9.10. The van der Waals surface area contributed by atoms with Gasteiger partial charge in [0.05, 0.1) is 6.04 Å². The Hall–Kier alpha value is -1.16. The molecule has 0 radical (unpaired) electrons. The van der Waals surface area contributed by atoms with Crippen LogP contribution >= 0.6 is 15.9 Å². The molecule has 0 aliphatic carbocycles. The maximum atomic E-state index is 5.75. The summed E-state index contributed by atoms with van der Waals surface area (Å²) in [5.74, 6) is 5.75. The molecule has 2 aromatic carbocycles. The Bertz CT molecular complexity index is 552. The van der Waals surface area contributed by atoms with Crippen molar-refractivity contribution in [1.82, 2.24) is 5.43 Å². The van der Waals surface area contributed by atoms with Gasteiger partial charge in [0, 0.05) is 4.47 Å². The number of halogens is 1. The van der Waals surface area contributed by atoms with Gasteiger partial charge in [-0.25, -0.2) is 5.43 Å². The van der Waals surface area contributed by atoms with Gasteiger partial charge in [-0.1, -0.05) is 57.9 Å². The Labute approximate surface area is 116 Å². The van der Waals surface area contributed by atoms with Crippen molar-refractivity contribution in [3.8, 4) is 0 Å². The van der Waals surface area contributed by atoms with E-state index in [0.717, 1.165) is 10.0 Å². The topological polar surface area (TPSA) is 38.0 Å². The van der Waals surface area contributed by atoms with Crippen LogP contribution in [0, 0.1) is 13.8 Å². The fraction of sp³-hybridized carbons (Fsp3) is 0.200. The van der Waals surface area contributed by atoms with Gasteiger partial charge in [0.25, 0.3) is 0 Å². The molecule has 94 valence electrons. The van der Waals surface area contributed by atoms with Crippen LogP contribution in [0.1, 0.15) is 28.3 Å². The molecule has 2 nitrogen and oxygen atoms in total. The Kier molecular flexibility index (Phi) is 4.17. The highest BCUT2D eigenvalue weighted by Gasteiger charge is 2.16. The summed E-state index contributed by atoms with van der Waals surface area (Å²) in [7, 11) is 0. The molecule has 0 spiro atoms. The number of nitrogens with two attached hydrogens (primary N) is 1. The van der Waals surface area contributed by atoms with E-state index in [-0.39, 0.29) is 6.04 Å². The van der Waals surface area contributed by atoms with Crippen molar-refractivity contribution in [3.63, 3.8) is 0 Å². The lowest BCUT2D eigenvalue weighted by atomic mass is 9.94. The Balaban J connectivity index is 2.52. The Morgan fingerprint density at radius 1 is 1.06 bits per heavy atom. The van der Waals surface area contributed by atoms with E-state index < -0.39 is 0 Å². The molecular weight excluding hydrogens is 288 g/mol. The fourth-order valence-corrected chi connectivity index (χ4v) is 2.62. The number of rotatable bonds is 3. The van der Waals surface area contributed by atoms with Crippen molar-refractivity contribution < 1.29 is 0 Å². The van der Waals surface area contributed by atoms with E-state index in [1.807, 2.05) is 12.1 Å². The van der Waals surface area contributed by atoms with Gasteiger partial charge in [-0.15, -0.1) is 0 Å². The summed E-state index contributed by atoms with van der Waals surface area (Å²) in [6.07, 6.45) is 0. The standard InChI is InChI=1S/C15H17BrN2/c1-10-7-8-14(16)13(9-10)15(18-17)12-6-4-3-5-11(12)2/h3-9,15,18H,17H2,1-2H3. The van der Waals surface area contributed by atoms with E-state index in [1.54, 1.807) is 0 Å². The minimum absolute atomic E-state index is 0.000440. The fourth-order valence-electron chi connectivity index (χ4n) is 2.14. The smallest absolute Gasteiger partial charge is 0.0723 e. The highest BCUT2D eigenvalue weighted by Crippen LogP contribution is 2.30. The summed E-state index contributed by atoms with van der Waals surface area (Å²) in [5.41, 5.74) is 7.73. The molecule has 0 saturated carbocycles. The predicted octanol–water partition coefficient (Wildman–Crippen LogP) is 3.62. The molecule has 0 heterocycles. The zero-order chi connectivity index (χ0) is 13.1. The van der Waals surface area contributed by atoms with Crippen LogP contribution in [0.25, 0.3) is 0 Å². The molecule has 0 amide bonds. The molecule has 2 aromatic rings. The SMILES string of the molecule is Cc1ccc(Br)c(C(NN)c2ccccc2C)c1. The molecule has 0 saturated heterocycles. The number of nitrogens with one attached hydrogen (secondary N) is 1. The Morgan fingerprint density at radius 2 is 1.78 bits per heavy atom. The second-order valence-electron chi connectivity index (χ2n) is 4.48. The lowest BCUT2D eigenvalue weighted by molar-refractivity contribution is 0.631. The lowest BCUT2D eigenvalue weighted by Crippen LogP contribution is -2.29. The largest absolute Gasteiger partial charge is 0.271 e. The summed E-state index contributed by atoms with van der Waals surface area (Å²) in [6, 6.07) is 14.6. The van der Waals surface area contributed by atoms with Gasteiger partial charge >= 0.3 is 0 Å². The maximum Gasteiger partial charge on any atom is 0.0723 e. The first-order valence-corrected chi connectivity index (χ1v) is 6.70. The normalized spacial score (nSPS) is 12.4. The maximum absolute atomic E-state index is 5.75. The quantitative estimate of drug-likeness (QED) is 0.671. The molecule has 0 aliphatic heterocycles. The number of benzene rings is 2. The van der Waals surface area contributed by atoms with Crippen LogP contribution in [-0.4, -0.2) is 0 Å². The van der Waals surface area contributed by atoms with Crippen molar-refractivity contribution in [1.29, 1.82) is 0 Å². The number of aryl methyl sites for hydroxylation is 2. The molecule has 1 unspecified atom stereocenters. The van der Waals surface area contributed by atoms with E-state index in [4.69, 9.17) is 5.84 Å². The monoisotopic (exact) mass is 304 g/mol. The van der Waals surface area contributed by atoms with Crippen LogP contribution in [0.3, 0.4) is 0 Å². The van der Waals surface area contributed by atoms with Crippen molar-refractivity contribution in [2.24, 2.45) is 5.84 Å². The zero-order valence-electron chi connectivity index (χ0n) is 10.6. The number of hydrogen-bond acceptors (Lipinski definition) is 2. The predicted molar refractivity (Wildman–Crippen MR) is 79.2 cm³/mol. The van der Waals surface area contributed by atoms with Crippen LogP contribution in [0.15, 0.2) is 46.9 Å². The van der Waals surface area contributed by atoms with Crippen LogP contribution < -0.4 is 11.3 Å². The summed E-state index contributed by atoms with van der Waals surface area (Å²) >= 11 is 3.60. The molecule has 1 atom stereocenters. The second kappa shape index (κ2) is 5.65. The van der Waals surface area contributed by atoms with E-state index >= 15 is 0 Å². The third-order valence-electron chi connectivity index (χ3n) is 3.13. The molecule has 2 rings (SSSR count). The molecule has 18 heavy (non-hydrogen) atoms.